The van der Waals surface area contributed by atoms with Crippen LogP contribution in [0.3, 0.4) is 0 Å². The molecular weight excluding hydrogens is 342 g/mol. The summed E-state index contributed by atoms with van der Waals surface area (Å²) in [7, 11) is -3.72. The number of nitrogens with one attached hydrogen (secondary N) is 2. The third kappa shape index (κ3) is 5.78. The number of sulfonamides is 1. The molecule has 7 nitrogen and oxygen atoms in total. The van der Waals surface area contributed by atoms with Gasteiger partial charge < -0.3 is 10.1 Å². The van der Waals surface area contributed by atoms with Gasteiger partial charge in [-0.3, -0.25) is 9.69 Å². The van der Waals surface area contributed by atoms with Crippen LogP contribution in [0.5, 0.6) is 0 Å². The number of benzene rings is 1. The molecule has 1 heterocycles. The van der Waals surface area contributed by atoms with Crippen molar-refractivity contribution in [1.29, 1.82) is 0 Å². The smallest absolute Gasteiger partial charge is 0.241 e. The van der Waals surface area contributed by atoms with Gasteiger partial charge in [0.05, 0.1) is 24.7 Å². The standard InChI is InChI=1S/C17H27N3O4S/c1-13-10-14(2)17(15(3)11-13)25(22,23)19-12-16(21)18-4-5-20-6-8-24-9-7-20/h10-11,19H,4-9,12H2,1-3H3,(H,18,21). The highest BCUT2D eigenvalue weighted by atomic mass is 32.2. The van der Waals surface area contributed by atoms with Crippen LogP contribution in [0.2, 0.25) is 0 Å². The summed E-state index contributed by atoms with van der Waals surface area (Å²) in [5.74, 6) is -0.334. The van der Waals surface area contributed by atoms with E-state index < -0.39 is 10.0 Å². The maximum absolute atomic E-state index is 12.5. The molecular formula is C17H27N3O4S. The maximum atomic E-state index is 12.5. The Hall–Kier alpha value is -1.48. The SMILES string of the molecule is Cc1cc(C)c(S(=O)(=O)NCC(=O)NCCN2CCOCC2)c(C)c1. The fourth-order valence-corrected chi connectivity index (χ4v) is 4.50. The molecule has 0 atom stereocenters. The van der Waals surface area contributed by atoms with E-state index in [9.17, 15) is 13.2 Å². The first kappa shape index (κ1) is 19.8. The number of carbonyl (C=O) groups excluding carboxylic acids is 1. The average Bonchev–Trinajstić information content (AvgIpc) is 2.53. The third-order valence-corrected chi connectivity index (χ3v) is 5.86. The van der Waals surface area contributed by atoms with E-state index in [4.69, 9.17) is 4.74 Å². The van der Waals surface area contributed by atoms with E-state index in [1.807, 2.05) is 19.1 Å². The molecule has 0 aliphatic carbocycles. The molecule has 0 aromatic heterocycles. The molecule has 2 rings (SSSR count). The first-order valence-electron chi connectivity index (χ1n) is 8.44. The predicted octanol–water partition coefficient (Wildman–Crippen LogP) is 0.339. The molecule has 140 valence electrons. The number of hydrogen-bond donors (Lipinski definition) is 2. The normalized spacial score (nSPS) is 16.0. The Morgan fingerprint density at radius 3 is 2.36 bits per heavy atom. The topological polar surface area (TPSA) is 87.7 Å². The van der Waals surface area contributed by atoms with Gasteiger partial charge in [-0.25, -0.2) is 13.1 Å². The highest BCUT2D eigenvalue weighted by molar-refractivity contribution is 7.89. The molecule has 0 bridgehead atoms. The molecule has 0 spiro atoms. The minimum atomic E-state index is -3.72. The van der Waals surface area contributed by atoms with Gasteiger partial charge in [0.2, 0.25) is 15.9 Å². The summed E-state index contributed by atoms with van der Waals surface area (Å²) in [5.41, 5.74) is 2.37. The molecule has 0 saturated carbocycles. The Morgan fingerprint density at radius 2 is 1.76 bits per heavy atom. The van der Waals surface area contributed by atoms with Crippen LogP contribution < -0.4 is 10.0 Å². The molecule has 1 saturated heterocycles. The Balaban J connectivity index is 1.84. The van der Waals surface area contributed by atoms with Gasteiger partial charge in [0.1, 0.15) is 0 Å². The second-order valence-corrected chi connectivity index (χ2v) is 8.06. The first-order chi connectivity index (χ1) is 11.8. The van der Waals surface area contributed by atoms with Gasteiger partial charge in [0.15, 0.2) is 0 Å². The van der Waals surface area contributed by atoms with E-state index in [-0.39, 0.29) is 17.3 Å². The van der Waals surface area contributed by atoms with E-state index in [0.29, 0.717) is 30.9 Å². The molecule has 1 aliphatic heterocycles. The van der Waals surface area contributed by atoms with Crippen LogP contribution in [-0.2, 0) is 19.6 Å². The molecule has 8 heteroatoms. The van der Waals surface area contributed by atoms with E-state index in [1.54, 1.807) is 13.8 Å². The van der Waals surface area contributed by atoms with Crippen molar-refractivity contribution in [3.8, 4) is 0 Å². The van der Waals surface area contributed by atoms with Crippen LogP contribution in [0.1, 0.15) is 16.7 Å². The summed E-state index contributed by atoms with van der Waals surface area (Å²) in [6.07, 6.45) is 0. The van der Waals surface area contributed by atoms with Gasteiger partial charge in [-0.05, 0) is 31.9 Å². The minimum Gasteiger partial charge on any atom is -0.379 e. The molecule has 1 aromatic rings. The van der Waals surface area contributed by atoms with E-state index in [2.05, 4.69) is 14.9 Å². The van der Waals surface area contributed by atoms with Crippen LogP contribution in [-0.4, -0.2) is 65.2 Å². The number of aryl methyl sites for hydroxylation is 3. The van der Waals surface area contributed by atoms with Crippen molar-refractivity contribution >= 4 is 15.9 Å². The Bertz CT molecular complexity index is 690. The number of rotatable bonds is 7. The zero-order valence-electron chi connectivity index (χ0n) is 15.1. The predicted molar refractivity (Wildman–Crippen MR) is 96.1 cm³/mol. The van der Waals surface area contributed by atoms with Crippen molar-refractivity contribution in [1.82, 2.24) is 14.9 Å². The van der Waals surface area contributed by atoms with Crippen LogP contribution in [0.25, 0.3) is 0 Å². The summed E-state index contributed by atoms with van der Waals surface area (Å²) in [6, 6.07) is 3.65. The highest BCUT2D eigenvalue weighted by Crippen LogP contribution is 2.21. The van der Waals surface area contributed by atoms with Gasteiger partial charge in [-0.2, -0.15) is 0 Å². The fourth-order valence-electron chi connectivity index (χ4n) is 3.06. The Labute approximate surface area is 149 Å². The molecule has 2 N–H and O–H groups in total. The van der Waals surface area contributed by atoms with Crippen molar-refractivity contribution in [2.45, 2.75) is 25.7 Å². The average molecular weight is 369 g/mol. The van der Waals surface area contributed by atoms with E-state index in [1.165, 1.54) is 0 Å². The molecule has 1 fully saturated rings. The molecule has 0 radical (unpaired) electrons. The number of nitrogens with zero attached hydrogens (tertiary/aromatic N) is 1. The Kier molecular flexibility index (Phi) is 6.95. The second kappa shape index (κ2) is 8.75. The summed E-state index contributed by atoms with van der Waals surface area (Å²) in [4.78, 5) is 14.4. The zero-order valence-corrected chi connectivity index (χ0v) is 15.9. The van der Waals surface area contributed by atoms with Crippen molar-refractivity contribution in [2.75, 3.05) is 45.9 Å². The number of amides is 1. The number of ether oxygens (including phenoxy) is 1. The van der Waals surface area contributed by atoms with Crippen molar-refractivity contribution in [3.05, 3.63) is 28.8 Å². The van der Waals surface area contributed by atoms with Gasteiger partial charge >= 0.3 is 0 Å². The highest BCUT2D eigenvalue weighted by Gasteiger charge is 2.20. The zero-order chi connectivity index (χ0) is 18.4. The lowest BCUT2D eigenvalue weighted by molar-refractivity contribution is -0.120. The summed E-state index contributed by atoms with van der Waals surface area (Å²) < 4.78 is 32.7. The lowest BCUT2D eigenvalue weighted by atomic mass is 10.1. The summed E-state index contributed by atoms with van der Waals surface area (Å²) >= 11 is 0. The van der Waals surface area contributed by atoms with Gasteiger partial charge in [0, 0.05) is 26.2 Å². The minimum absolute atomic E-state index is 0.249. The molecule has 1 amide bonds. The lowest BCUT2D eigenvalue weighted by Gasteiger charge is -2.26. The molecule has 0 unspecified atom stereocenters. The van der Waals surface area contributed by atoms with E-state index >= 15 is 0 Å². The van der Waals surface area contributed by atoms with Gasteiger partial charge in [0.25, 0.3) is 0 Å². The van der Waals surface area contributed by atoms with E-state index in [0.717, 1.165) is 25.2 Å². The largest absolute Gasteiger partial charge is 0.379 e. The van der Waals surface area contributed by atoms with Crippen LogP contribution in [0.4, 0.5) is 0 Å². The second-order valence-electron chi connectivity index (χ2n) is 6.36. The van der Waals surface area contributed by atoms with Crippen LogP contribution >= 0.6 is 0 Å². The number of carbonyl (C=O) groups is 1. The fraction of sp³-hybridized carbons (Fsp3) is 0.588. The maximum Gasteiger partial charge on any atom is 0.241 e. The van der Waals surface area contributed by atoms with Gasteiger partial charge in [-0.1, -0.05) is 17.7 Å². The monoisotopic (exact) mass is 369 g/mol. The Morgan fingerprint density at radius 1 is 1.16 bits per heavy atom. The number of morpholine rings is 1. The molecule has 1 aliphatic rings. The third-order valence-electron chi connectivity index (χ3n) is 4.15. The van der Waals surface area contributed by atoms with Crippen LogP contribution in [0, 0.1) is 20.8 Å². The molecule has 1 aromatic carbocycles. The summed E-state index contributed by atoms with van der Waals surface area (Å²) in [6.45, 7) is 9.54. The van der Waals surface area contributed by atoms with Crippen molar-refractivity contribution in [3.63, 3.8) is 0 Å². The number of hydrogen-bond acceptors (Lipinski definition) is 5. The van der Waals surface area contributed by atoms with Gasteiger partial charge in [-0.15, -0.1) is 0 Å². The lowest BCUT2D eigenvalue weighted by Crippen LogP contribution is -2.43. The van der Waals surface area contributed by atoms with Crippen molar-refractivity contribution < 1.29 is 17.9 Å². The first-order valence-corrected chi connectivity index (χ1v) is 9.92. The van der Waals surface area contributed by atoms with Crippen LogP contribution in [0.15, 0.2) is 17.0 Å². The summed E-state index contributed by atoms with van der Waals surface area (Å²) in [5, 5.41) is 2.74. The molecule has 25 heavy (non-hydrogen) atoms. The quantitative estimate of drug-likeness (QED) is 0.724. The van der Waals surface area contributed by atoms with Crippen molar-refractivity contribution in [2.24, 2.45) is 0 Å².